The lowest BCUT2D eigenvalue weighted by molar-refractivity contribution is -0.164. The number of carbonyl (C=O) groups excluding carboxylic acids is 3. The largest absolute Gasteiger partial charge is 0.463 e. The number of nitrogens with one attached hydrogen (secondary N) is 1. The van der Waals surface area contributed by atoms with E-state index in [0.717, 1.165) is 0 Å². The second-order valence-electron chi connectivity index (χ2n) is 5.79. The van der Waals surface area contributed by atoms with Crippen molar-refractivity contribution in [2.24, 2.45) is 22.2 Å². The van der Waals surface area contributed by atoms with Crippen molar-refractivity contribution in [3.05, 3.63) is 0 Å². The number of esters is 2. The van der Waals surface area contributed by atoms with E-state index in [-0.39, 0.29) is 50.4 Å². The summed E-state index contributed by atoms with van der Waals surface area (Å²) in [4.78, 5) is 41.4. The van der Waals surface area contributed by atoms with E-state index in [9.17, 15) is 14.4 Å². The fraction of sp³-hybridized carbons (Fsp3) is 0.667. The Morgan fingerprint density at radius 1 is 1.07 bits per heavy atom. The van der Waals surface area contributed by atoms with E-state index < -0.39 is 29.4 Å². The van der Waals surface area contributed by atoms with Gasteiger partial charge in [-0.05, 0) is 33.1 Å². The smallest absolute Gasteiger partial charge is 0.356 e. The van der Waals surface area contributed by atoms with Crippen LogP contribution >= 0.6 is 24.8 Å². The van der Waals surface area contributed by atoms with E-state index in [4.69, 9.17) is 26.7 Å². The van der Waals surface area contributed by atoms with E-state index in [1.165, 1.54) is 0 Å². The molecule has 0 fully saturated rings. The second-order valence-corrected chi connectivity index (χ2v) is 5.79. The third-order valence-electron chi connectivity index (χ3n) is 3.43. The summed E-state index contributed by atoms with van der Waals surface area (Å²) in [6.07, 6.45) is 1.78. The fourth-order valence-corrected chi connectivity index (χ4v) is 2.05. The van der Waals surface area contributed by atoms with Gasteiger partial charge in [-0.2, -0.15) is 0 Å². The standard InChI is InChI=1S/C18H31N5O5.2ClH/c1-4-7-8-11-18(15(25)27-5-2,16(26)28-6-3)23-14(24)13(19)10-9-12-22-17(20)21;;/h13H,4-7,9-10,12,19H2,1-3H3,(H,23,24)(H4,20,21,22);2*1H/t13-;;/m0../s1. The van der Waals surface area contributed by atoms with Crippen molar-refractivity contribution in [2.75, 3.05) is 19.8 Å². The van der Waals surface area contributed by atoms with Crippen molar-refractivity contribution in [1.82, 2.24) is 5.32 Å². The molecular formula is C18H33Cl2N5O5. The third kappa shape index (κ3) is 11.1. The van der Waals surface area contributed by atoms with E-state index in [0.29, 0.717) is 25.8 Å². The highest BCUT2D eigenvalue weighted by Crippen LogP contribution is 2.12. The van der Waals surface area contributed by atoms with Crippen LogP contribution in [-0.2, 0) is 23.9 Å². The lowest BCUT2D eigenvalue weighted by Crippen LogP contribution is -2.63. The highest BCUT2D eigenvalue weighted by molar-refractivity contribution is 6.11. The van der Waals surface area contributed by atoms with Crippen LogP contribution in [0.25, 0.3) is 0 Å². The number of nitrogens with zero attached hydrogens (tertiary/aromatic N) is 1. The molecule has 0 aliphatic rings. The molecule has 0 heterocycles. The molecule has 0 saturated heterocycles. The zero-order valence-electron chi connectivity index (χ0n) is 17.6. The molecule has 174 valence electrons. The minimum absolute atomic E-state index is 0. The summed E-state index contributed by atoms with van der Waals surface area (Å²) in [5.74, 6) is 2.41. The van der Waals surface area contributed by atoms with Gasteiger partial charge >= 0.3 is 11.9 Å². The van der Waals surface area contributed by atoms with Gasteiger partial charge in [-0.3, -0.25) is 9.79 Å². The highest BCUT2D eigenvalue weighted by atomic mass is 35.5. The minimum Gasteiger partial charge on any atom is -0.463 e. The number of unbranched alkanes of at least 4 members (excludes halogenated alkanes) is 1. The molecule has 1 amide bonds. The van der Waals surface area contributed by atoms with Crippen molar-refractivity contribution in [3.8, 4) is 11.8 Å². The van der Waals surface area contributed by atoms with E-state index >= 15 is 0 Å². The maximum Gasteiger partial charge on any atom is 0.356 e. The first kappa shape index (κ1) is 32.4. The van der Waals surface area contributed by atoms with Gasteiger partial charge in [0, 0.05) is 13.0 Å². The zero-order chi connectivity index (χ0) is 21.6. The number of guanidine groups is 1. The number of halogens is 2. The van der Waals surface area contributed by atoms with E-state index in [1.54, 1.807) is 13.8 Å². The average molecular weight is 470 g/mol. The van der Waals surface area contributed by atoms with Gasteiger partial charge in [0.25, 0.3) is 5.54 Å². The molecule has 0 aromatic carbocycles. The number of ether oxygens (including phenoxy) is 2. The Balaban J connectivity index is -0.00000364. The minimum atomic E-state index is -2.27. The predicted octanol–water partition coefficient (Wildman–Crippen LogP) is -0.00440. The molecule has 0 aliphatic carbocycles. The summed E-state index contributed by atoms with van der Waals surface area (Å²) in [6.45, 7) is 5.32. The maximum atomic E-state index is 12.5. The number of carbonyl (C=O) groups is 3. The molecule has 0 unspecified atom stereocenters. The van der Waals surface area contributed by atoms with Gasteiger partial charge < -0.3 is 32.0 Å². The number of amides is 1. The SMILES string of the molecule is CCCC#CC(NC(=O)[C@@H](N)CCCN=C(N)N)(C(=O)OCC)C(=O)OCC.Cl.Cl. The molecule has 1 atom stereocenters. The maximum absolute atomic E-state index is 12.5. The molecule has 7 N–H and O–H groups in total. The topological polar surface area (TPSA) is 172 Å². The van der Waals surface area contributed by atoms with Crippen molar-refractivity contribution in [2.45, 2.75) is 58.0 Å². The van der Waals surface area contributed by atoms with Crippen LogP contribution < -0.4 is 22.5 Å². The summed E-state index contributed by atoms with van der Waals surface area (Å²) in [5, 5.41) is 2.34. The molecule has 0 aliphatic heterocycles. The normalized spacial score (nSPS) is 10.7. The van der Waals surface area contributed by atoms with Crippen LogP contribution in [0.3, 0.4) is 0 Å². The molecular weight excluding hydrogens is 437 g/mol. The summed E-state index contributed by atoms with van der Waals surface area (Å²) in [7, 11) is 0. The van der Waals surface area contributed by atoms with Crippen LogP contribution in [0.5, 0.6) is 0 Å². The Morgan fingerprint density at radius 3 is 2.03 bits per heavy atom. The molecule has 30 heavy (non-hydrogen) atoms. The van der Waals surface area contributed by atoms with E-state index in [1.807, 2.05) is 6.92 Å². The van der Waals surface area contributed by atoms with Gasteiger partial charge in [0.05, 0.1) is 19.3 Å². The van der Waals surface area contributed by atoms with Crippen LogP contribution in [0.4, 0.5) is 0 Å². The Hall–Kier alpha value is -2.22. The Morgan fingerprint density at radius 2 is 1.60 bits per heavy atom. The summed E-state index contributed by atoms with van der Waals surface area (Å²) < 4.78 is 9.94. The summed E-state index contributed by atoms with van der Waals surface area (Å²) >= 11 is 0. The number of aliphatic imine (C=N–C) groups is 1. The molecule has 0 spiro atoms. The fourth-order valence-electron chi connectivity index (χ4n) is 2.05. The first-order valence-electron chi connectivity index (χ1n) is 9.22. The summed E-state index contributed by atoms with van der Waals surface area (Å²) in [6, 6.07) is -1.01. The van der Waals surface area contributed by atoms with Crippen molar-refractivity contribution >= 4 is 48.6 Å². The molecule has 10 nitrogen and oxygen atoms in total. The van der Waals surface area contributed by atoms with Crippen LogP contribution in [0.15, 0.2) is 4.99 Å². The predicted molar refractivity (Wildman–Crippen MR) is 119 cm³/mol. The van der Waals surface area contributed by atoms with Crippen LogP contribution in [0.1, 0.15) is 46.5 Å². The van der Waals surface area contributed by atoms with Gasteiger partial charge in [-0.1, -0.05) is 18.8 Å². The first-order valence-corrected chi connectivity index (χ1v) is 9.22. The third-order valence-corrected chi connectivity index (χ3v) is 3.43. The number of hydrogen-bond donors (Lipinski definition) is 4. The Labute approximate surface area is 189 Å². The first-order chi connectivity index (χ1) is 13.2. The van der Waals surface area contributed by atoms with Gasteiger partial charge in [0.2, 0.25) is 5.91 Å². The number of rotatable bonds is 11. The highest BCUT2D eigenvalue weighted by Gasteiger charge is 2.50. The van der Waals surface area contributed by atoms with Gasteiger partial charge in [-0.15, -0.1) is 24.8 Å². The quantitative estimate of drug-likeness (QED) is 0.0815. The lowest BCUT2D eigenvalue weighted by atomic mass is 9.98. The van der Waals surface area contributed by atoms with Crippen LogP contribution in [0, 0.1) is 11.8 Å². The van der Waals surface area contributed by atoms with Gasteiger partial charge in [-0.25, -0.2) is 9.59 Å². The molecule has 0 radical (unpaired) electrons. The molecule has 0 bridgehead atoms. The van der Waals surface area contributed by atoms with Crippen LogP contribution in [-0.4, -0.2) is 55.1 Å². The molecule has 0 saturated carbocycles. The summed E-state index contributed by atoms with van der Waals surface area (Å²) in [5.41, 5.74) is 14.1. The molecule has 0 aromatic heterocycles. The zero-order valence-corrected chi connectivity index (χ0v) is 19.2. The average Bonchev–Trinajstić information content (AvgIpc) is 2.64. The molecule has 0 rings (SSSR count). The number of hydrogen-bond acceptors (Lipinski definition) is 7. The van der Waals surface area contributed by atoms with Gasteiger partial charge in [0.15, 0.2) is 5.96 Å². The number of nitrogens with two attached hydrogens (primary N) is 3. The van der Waals surface area contributed by atoms with Crippen molar-refractivity contribution < 1.29 is 23.9 Å². The molecule has 12 heteroatoms. The Kier molecular flexibility index (Phi) is 19.1. The van der Waals surface area contributed by atoms with Crippen LogP contribution in [0.2, 0.25) is 0 Å². The van der Waals surface area contributed by atoms with Crippen molar-refractivity contribution in [3.63, 3.8) is 0 Å². The van der Waals surface area contributed by atoms with Crippen molar-refractivity contribution in [1.29, 1.82) is 0 Å². The Bertz CT molecular complexity index is 612. The second kappa shape index (κ2) is 17.6. The van der Waals surface area contributed by atoms with Gasteiger partial charge in [0.1, 0.15) is 0 Å². The molecule has 0 aromatic rings. The lowest BCUT2D eigenvalue weighted by Gasteiger charge is -2.26. The van der Waals surface area contributed by atoms with E-state index in [2.05, 4.69) is 22.2 Å². The monoisotopic (exact) mass is 469 g/mol.